The molecule has 2 atom stereocenters. The van der Waals surface area contributed by atoms with Crippen LogP contribution in [-0.2, 0) is 13.4 Å². The molecule has 0 aliphatic carbocycles. The van der Waals surface area contributed by atoms with Gasteiger partial charge in [0.05, 0.1) is 0 Å². The molecule has 0 aliphatic rings. The third-order valence-electron chi connectivity index (χ3n) is 2.45. The van der Waals surface area contributed by atoms with Crippen molar-refractivity contribution < 1.29 is 23.2 Å². The Morgan fingerprint density at radius 1 is 0.895 bits per heavy atom. The molecular weight excluding hydrogens is 288 g/mol. The van der Waals surface area contributed by atoms with Crippen LogP contribution in [0.25, 0.3) is 0 Å². The van der Waals surface area contributed by atoms with Crippen molar-refractivity contribution in [1.29, 1.82) is 0 Å². The Labute approximate surface area is 117 Å². The summed E-state index contributed by atoms with van der Waals surface area (Å²) in [6.07, 6.45) is 11.3. The maximum Gasteiger partial charge on any atom is 0.323 e. The van der Waals surface area contributed by atoms with Crippen molar-refractivity contribution in [1.82, 2.24) is 5.32 Å². The van der Waals surface area contributed by atoms with Gasteiger partial charge < -0.3 is 15.1 Å². The van der Waals surface area contributed by atoms with E-state index in [-0.39, 0.29) is 0 Å². The second-order valence-corrected chi connectivity index (χ2v) is 6.09. The van der Waals surface area contributed by atoms with Gasteiger partial charge in [-0.2, -0.15) is 0 Å². The molecule has 0 bridgehead atoms. The van der Waals surface area contributed by atoms with Crippen molar-refractivity contribution in [3.8, 4) is 0 Å². The molecule has 3 N–H and O–H groups in total. The number of rotatable bonds is 11. The minimum Gasteiger partial charge on any atom is -0.326 e. The summed E-state index contributed by atoms with van der Waals surface area (Å²) >= 11 is 0. The fourth-order valence-electron chi connectivity index (χ4n) is 1.51. The van der Waals surface area contributed by atoms with E-state index in [1.165, 1.54) is 57.9 Å². The van der Waals surface area contributed by atoms with E-state index in [1.807, 2.05) is 7.05 Å². The second-order valence-electron chi connectivity index (χ2n) is 4.21. The first-order chi connectivity index (χ1) is 9.04. The Balaban J connectivity index is 0. The predicted molar refractivity (Wildman–Crippen MR) is 80.1 cm³/mol. The van der Waals surface area contributed by atoms with Crippen LogP contribution in [0.2, 0.25) is 0 Å². The molecule has 0 aromatic carbocycles. The number of hydrogen-bond donors (Lipinski definition) is 3. The molecule has 0 amide bonds. The normalized spacial score (nSPS) is 13.5. The van der Waals surface area contributed by atoms with Crippen LogP contribution in [0.1, 0.15) is 58.3 Å². The van der Waals surface area contributed by atoms with E-state index >= 15 is 0 Å². The van der Waals surface area contributed by atoms with E-state index in [2.05, 4.69) is 16.6 Å². The van der Waals surface area contributed by atoms with Crippen LogP contribution < -0.4 is 5.32 Å². The van der Waals surface area contributed by atoms with E-state index in [4.69, 9.17) is 9.79 Å². The van der Waals surface area contributed by atoms with Gasteiger partial charge in [-0.1, -0.05) is 51.9 Å². The lowest BCUT2D eigenvalue weighted by atomic mass is 10.1. The summed E-state index contributed by atoms with van der Waals surface area (Å²) < 4.78 is 22.3. The standard InChI is InChI=1S/C11H25N.H4O5P2/c1-3-4-5-6-7-8-9-10-11-12-2;1-6(2)5-7(3)4/h12H,3-11H2,1-2H3;6-7H,(H,1,2)(H,3,4). The Morgan fingerprint density at radius 2 is 1.32 bits per heavy atom. The van der Waals surface area contributed by atoms with Crippen molar-refractivity contribution in [2.75, 3.05) is 13.6 Å². The van der Waals surface area contributed by atoms with Gasteiger partial charge in [0.25, 0.3) is 0 Å². The SMILES string of the molecule is CCCCCCCCCCNC.O=[PH](O)O[PH](=O)O. The second kappa shape index (κ2) is 18.3. The average Bonchev–Trinajstić information content (AvgIpc) is 2.32. The van der Waals surface area contributed by atoms with Gasteiger partial charge in [0, 0.05) is 0 Å². The number of unbranched alkanes of at least 4 members (excludes halogenated alkanes) is 7. The van der Waals surface area contributed by atoms with Crippen LogP contribution in [0.5, 0.6) is 0 Å². The number of hydrogen-bond acceptors (Lipinski definition) is 4. The van der Waals surface area contributed by atoms with Gasteiger partial charge in [0.1, 0.15) is 0 Å². The monoisotopic (exact) mass is 317 g/mol. The van der Waals surface area contributed by atoms with Crippen LogP contribution >= 0.6 is 16.5 Å². The van der Waals surface area contributed by atoms with Crippen LogP contribution in [0.3, 0.4) is 0 Å². The van der Waals surface area contributed by atoms with Gasteiger partial charge in [0.15, 0.2) is 0 Å². The molecule has 2 unspecified atom stereocenters. The van der Waals surface area contributed by atoms with Gasteiger partial charge in [-0.15, -0.1) is 0 Å². The molecule has 0 aliphatic heterocycles. The lowest BCUT2D eigenvalue weighted by Crippen LogP contribution is -2.06. The van der Waals surface area contributed by atoms with E-state index in [9.17, 15) is 9.13 Å². The smallest absolute Gasteiger partial charge is 0.323 e. The minimum absolute atomic E-state index is 1.19. The van der Waals surface area contributed by atoms with Crippen LogP contribution in [-0.4, -0.2) is 23.4 Å². The van der Waals surface area contributed by atoms with E-state index < -0.39 is 16.5 Å². The van der Waals surface area contributed by atoms with Crippen LogP contribution in [0, 0.1) is 0 Å². The molecule has 0 saturated carbocycles. The van der Waals surface area contributed by atoms with Crippen molar-refractivity contribution in [2.45, 2.75) is 58.3 Å². The molecule has 0 fully saturated rings. The molecule has 0 rings (SSSR count). The van der Waals surface area contributed by atoms with Crippen molar-refractivity contribution in [2.24, 2.45) is 0 Å². The zero-order chi connectivity index (χ0) is 14.9. The summed E-state index contributed by atoms with van der Waals surface area (Å²) in [6.45, 7) is 3.46. The summed E-state index contributed by atoms with van der Waals surface area (Å²) in [6, 6.07) is 0. The first kappa shape index (κ1) is 21.6. The fourth-order valence-corrected chi connectivity index (χ4v) is 2.11. The highest BCUT2D eigenvalue weighted by Gasteiger charge is 1.93. The van der Waals surface area contributed by atoms with Gasteiger partial charge in [0.2, 0.25) is 0 Å². The van der Waals surface area contributed by atoms with Crippen LogP contribution in [0.4, 0.5) is 0 Å². The molecule has 0 radical (unpaired) electrons. The summed E-state index contributed by atoms with van der Waals surface area (Å²) in [7, 11) is -4.37. The van der Waals surface area contributed by atoms with Crippen LogP contribution in [0.15, 0.2) is 0 Å². The summed E-state index contributed by atoms with van der Waals surface area (Å²) in [5.74, 6) is 0. The van der Waals surface area contributed by atoms with Crippen molar-refractivity contribution >= 4 is 16.5 Å². The zero-order valence-corrected chi connectivity index (χ0v) is 14.0. The third kappa shape index (κ3) is 27.5. The third-order valence-corrected chi connectivity index (χ3v) is 3.85. The fraction of sp³-hybridized carbons (Fsp3) is 1.00. The molecule has 0 heterocycles. The highest BCUT2D eigenvalue weighted by atomic mass is 31.2. The topological polar surface area (TPSA) is 95.9 Å². The Bertz CT molecular complexity index is 207. The van der Waals surface area contributed by atoms with Gasteiger partial charge >= 0.3 is 16.5 Å². The van der Waals surface area contributed by atoms with Gasteiger partial charge in [-0.25, -0.2) is 4.31 Å². The van der Waals surface area contributed by atoms with Crippen molar-refractivity contribution in [3.63, 3.8) is 0 Å². The minimum atomic E-state index is -3.20. The average molecular weight is 317 g/mol. The highest BCUT2D eigenvalue weighted by molar-refractivity contribution is 7.46. The summed E-state index contributed by atoms with van der Waals surface area (Å²) in [4.78, 5) is 15.4. The molecule has 0 saturated heterocycles. The molecule has 118 valence electrons. The van der Waals surface area contributed by atoms with E-state index in [1.54, 1.807) is 0 Å². The van der Waals surface area contributed by atoms with E-state index in [0.29, 0.717) is 0 Å². The quantitative estimate of drug-likeness (QED) is 0.400. The molecular formula is C11H29NO5P2. The highest BCUT2D eigenvalue weighted by Crippen LogP contribution is 2.30. The molecule has 0 spiro atoms. The largest absolute Gasteiger partial charge is 0.326 e. The Kier molecular flexibility index (Phi) is 20.8. The Morgan fingerprint density at radius 3 is 1.63 bits per heavy atom. The van der Waals surface area contributed by atoms with Gasteiger partial charge in [-0.05, 0) is 20.0 Å². The Hall–Kier alpha value is 0.300. The number of nitrogens with one attached hydrogen (secondary N) is 1. The van der Waals surface area contributed by atoms with E-state index in [0.717, 1.165) is 0 Å². The first-order valence-electron chi connectivity index (χ1n) is 6.82. The molecule has 19 heavy (non-hydrogen) atoms. The predicted octanol–water partition coefficient (Wildman–Crippen LogP) is 3.11. The lowest BCUT2D eigenvalue weighted by molar-refractivity contribution is 0.371. The zero-order valence-electron chi connectivity index (χ0n) is 12.0. The summed E-state index contributed by atoms with van der Waals surface area (Å²) in [5.41, 5.74) is 0. The first-order valence-corrected chi connectivity index (χ1v) is 9.35. The molecule has 0 aromatic rings. The van der Waals surface area contributed by atoms with Gasteiger partial charge in [-0.3, -0.25) is 9.13 Å². The lowest BCUT2D eigenvalue weighted by Gasteiger charge is -2.00. The summed E-state index contributed by atoms with van der Waals surface area (Å²) in [5, 5.41) is 3.18. The maximum atomic E-state index is 9.44. The molecule has 0 aromatic heterocycles. The molecule has 8 heteroatoms. The van der Waals surface area contributed by atoms with Crippen molar-refractivity contribution in [3.05, 3.63) is 0 Å². The maximum absolute atomic E-state index is 9.44. The molecule has 6 nitrogen and oxygen atoms in total.